The fourth-order valence-corrected chi connectivity index (χ4v) is 3.00. The Morgan fingerprint density at radius 1 is 1.00 bits per heavy atom. The lowest BCUT2D eigenvalue weighted by Gasteiger charge is -2.13. The van der Waals surface area contributed by atoms with E-state index in [-0.39, 0.29) is 40.4 Å². The van der Waals surface area contributed by atoms with Crippen LogP contribution in [0.2, 0.25) is 0 Å². The minimum absolute atomic E-state index is 0.0187. The molecule has 5 aromatic rings. The summed E-state index contributed by atoms with van der Waals surface area (Å²) in [5.41, 5.74) is -2.51. The lowest BCUT2D eigenvalue weighted by atomic mass is 10.1. The first kappa shape index (κ1) is 11.7. The fraction of sp³-hybridized carbons (Fsp3) is 0.107. The molecule has 36 heavy (non-hydrogen) atoms. The highest BCUT2D eigenvalue weighted by Gasteiger charge is 2.12. The van der Waals surface area contributed by atoms with Crippen LogP contribution in [-0.2, 0) is 0 Å². The van der Waals surface area contributed by atoms with Gasteiger partial charge in [0, 0.05) is 52.9 Å². The Kier molecular flexibility index (Phi) is 3.19. The van der Waals surface area contributed by atoms with Gasteiger partial charge in [0.1, 0.15) is 1.37 Å². The fourth-order valence-electron chi connectivity index (χ4n) is 3.00. The first-order chi connectivity index (χ1) is 23.3. The first-order valence-electron chi connectivity index (χ1n) is 17.4. The van der Waals surface area contributed by atoms with Crippen LogP contribution in [0.5, 0.6) is 0 Å². The van der Waals surface area contributed by atoms with Crippen molar-refractivity contribution in [3.63, 3.8) is 0 Å². The Morgan fingerprint density at radius 2 is 1.89 bits per heavy atom. The van der Waals surface area contributed by atoms with Gasteiger partial charge in [0.15, 0.2) is 0 Å². The lowest BCUT2D eigenvalue weighted by molar-refractivity contribution is 0.102. The van der Waals surface area contributed by atoms with E-state index in [0.717, 1.165) is 4.57 Å². The van der Waals surface area contributed by atoms with Gasteiger partial charge in [-0.05, 0) is 80.2 Å². The number of pyridine rings is 1. The molecule has 2 aromatic carbocycles. The van der Waals surface area contributed by atoms with Crippen LogP contribution < -0.4 is 10.6 Å². The molecule has 0 saturated heterocycles. The van der Waals surface area contributed by atoms with Gasteiger partial charge in [-0.1, -0.05) is 6.04 Å². The molecule has 0 spiro atoms. The van der Waals surface area contributed by atoms with Crippen molar-refractivity contribution in [3.8, 4) is 16.9 Å². The zero-order valence-corrected chi connectivity index (χ0v) is 19.1. The van der Waals surface area contributed by atoms with E-state index in [2.05, 4.69) is 30.6 Å². The van der Waals surface area contributed by atoms with Crippen molar-refractivity contribution in [3.05, 3.63) is 108 Å². The van der Waals surface area contributed by atoms with Gasteiger partial charge < -0.3 is 15.2 Å². The van der Waals surface area contributed by atoms with Crippen LogP contribution in [0.1, 0.15) is 46.4 Å². The highest BCUT2D eigenvalue weighted by molar-refractivity contribution is 6.05. The molecule has 0 aliphatic heterocycles. The molecule has 8 nitrogen and oxygen atoms in total. The Hall–Kier alpha value is -4.85. The number of rotatable bonds is 6. The molecule has 0 bridgehead atoms. The highest BCUT2D eigenvalue weighted by Crippen LogP contribution is 2.24. The van der Waals surface area contributed by atoms with Crippen LogP contribution in [0.25, 0.3) is 16.9 Å². The SMILES string of the molecule is [2H]c1nc(Nc2c([2H])c(C(=O)Nc3c([2H])c(C)c([2H])c(-n4c([2H])nc(C)c4[2H])c3[2H])c([2H])c([2H])c2C)nc(-c2c([2H])nc([2H])c([2H])c2[2H])c1[2H]. The van der Waals surface area contributed by atoms with E-state index in [1.54, 1.807) is 0 Å². The Labute approximate surface area is 228 Å². The number of nitrogens with zero attached hydrogens (tertiary/aromatic N) is 5. The van der Waals surface area contributed by atoms with Crippen molar-refractivity contribution in [2.75, 3.05) is 10.6 Å². The number of imidazole rings is 1. The minimum Gasteiger partial charge on any atom is -0.324 e. The number of hydrogen-bond acceptors (Lipinski definition) is 6. The minimum atomic E-state index is -1.19. The van der Waals surface area contributed by atoms with E-state index in [9.17, 15) is 4.79 Å². The molecule has 178 valence electrons. The number of hydrogen-bond donors (Lipinski definition) is 2. The summed E-state index contributed by atoms with van der Waals surface area (Å²) >= 11 is 0. The molecule has 3 aromatic heterocycles. The van der Waals surface area contributed by atoms with Gasteiger partial charge in [-0.25, -0.2) is 15.0 Å². The third-order valence-corrected chi connectivity index (χ3v) is 4.64. The van der Waals surface area contributed by atoms with Crippen molar-refractivity contribution in [1.29, 1.82) is 0 Å². The Bertz CT molecular complexity index is 2290. The zero-order chi connectivity index (χ0) is 37.3. The van der Waals surface area contributed by atoms with Crippen molar-refractivity contribution >= 4 is 23.2 Å². The third kappa shape index (κ3) is 5.12. The van der Waals surface area contributed by atoms with Gasteiger partial charge in [-0.3, -0.25) is 9.78 Å². The summed E-state index contributed by atoms with van der Waals surface area (Å²) < 4.78 is 117. The van der Waals surface area contributed by atoms with E-state index in [1.807, 2.05) is 0 Å². The van der Waals surface area contributed by atoms with Gasteiger partial charge in [0.05, 0.1) is 35.5 Å². The maximum Gasteiger partial charge on any atom is 0.255 e. The monoisotopic (exact) mass is 489 g/mol. The van der Waals surface area contributed by atoms with Crippen LogP contribution in [0.4, 0.5) is 17.3 Å². The Balaban J connectivity index is 1.63. The van der Waals surface area contributed by atoms with Gasteiger partial charge in [-0.2, -0.15) is 0 Å². The molecule has 0 fully saturated rings. The second kappa shape index (κ2) is 9.79. The molecule has 0 atom stereocenters. The standard InChI is InChI=1S/C28H25N7O/c1-18-11-23(14-24(12-18)35-16-20(3)31-17-35)32-27(36)21-7-6-19(2)26(13-21)34-28-30-10-8-25(33-28)22-5-4-9-29-15-22/h4-17H,1-3H3,(H,32,36)(H,30,33,34)/i4D,5D,6D,7D,8D,9D,10D,11D,12D,13D,14D,15D,16D,17D. The van der Waals surface area contributed by atoms with E-state index in [4.69, 9.17) is 19.2 Å². The summed E-state index contributed by atoms with van der Waals surface area (Å²) in [6, 6.07) is -5.22. The summed E-state index contributed by atoms with van der Waals surface area (Å²) in [4.78, 5) is 29.2. The Morgan fingerprint density at radius 3 is 2.72 bits per heavy atom. The summed E-state index contributed by atoms with van der Waals surface area (Å²) in [6.45, 7) is 4.19. The van der Waals surface area contributed by atoms with E-state index < -0.39 is 108 Å². The topological polar surface area (TPSA) is 97.6 Å². The number of aryl methyl sites for hydroxylation is 1. The van der Waals surface area contributed by atoms with Gasteiger partial charge >= 0.3 is 0 Å². The molecular formula is C28H25N7O. The highest BCUT2D eigenvalue weighted by atomic mass is 16.1. The number of carbonyl (C=O) groups is 1. The number of aromatic nitrogens is 5. The van der Waals surface area contributed by atoms with E-state index >= 15 is 0 Å². The van der Waals surface area contributed by atoms with Crippen LogP contribution in [0, 0.1) is 20.8 Å². The van der Waals surface area contributed by atoms with E-state index in [1.165, 1.54) is 20.8 Å². The van der Waals surface area contributed by atoms with Crippen molar-refractivity contribution in [1.82, 2.24) is 24.5 Å². The summed E-state index contributed by atoms with van der Waals surface area (Å²) in [7, 11) is 0. The number of anilines is 3. The number of amides is 1. The van der Waals surface area contributed by atoms with Gasteiger partial charge in [0.25, 0.3) is 5.91 Å². The van der Waals surface area contributed by atoms with Gasteiger partial charge in [-0.15, -0.1) is 0 Å². The smallest absolute Gasteiger partial charge is 0.255 e. The number of nitrogens with one attached hydrogen (secondary N) is 2. The zero-order valence-electron chi connectivity index (χ0n) is 33.1. The van der Waals surface area contributed by atoms with Crippen molar-refractivity contribution in [2.24, 2.45) is 0 Å². The van der Waals surface area contributed by atoms with Crippen molar-refractivity contribution in [2.45, 2.75) is 20.8 Å². The predicted octanol–water partition coefficient (Wildman–Crippen LogP) is 5.65. The van der Waals surface area contributed by atoms with E-state index in [0.29, 0.717) is 0 Å². The first-order valence-corrected chi connectivity index (χ1v) is 10.4. The molecule has 5 rings (SSSR count). The molecule has 1 amide bonds. The molecule has 0 radical (unpaired) electrons. The van der Waals surface area contributed by atoms with Crippen LogP contribution in [-0.4, -0.2) is 30.4 Å². The summed E-state index contributed by atoms with van der Waals surface area (Å²) in [5.74, 6) is -1.66. The average Bonchev–Trinajstić information content (AvgIpc) is 3.30. The molecule has 8 heteroatoms. The normalized spacial score (nSPS) is 16.2. The molecule has 0 saturated carbocycles. The number of carbonyl (C=O) groups excluding carboxylic acids is 1. The third-order valence-electron chi connectivity index (χ3n) is 4.64. The quantitative estimate of drug-likeness (QED) is 0.320. The second-order valence-electron chi connectivity index (χ2n) is 7.39. The maximum atomic E-state index is 13.7. The van der Waals surface area contributed by atoms with Crippen LogP contribution in [0.3, 0.4) is 0 Å². The summed E-state index contributed by atoms with van der Waals surface area (Å²) in [6.07, 6.45) is -2.75. The molecule has 3 heterocycles. The largest absolute Gasteiger partial charge is 0.324 e. The van der Waals surface area contributed by atoms with Crippen LogP contribution >= 0.6 is 0 Å². The molecule has 0 aliphatic carbocycles. The average molecular weight is 490 g/mol. The second-order valence-corrected chi connectivity index (χ2v) is 7.39. The lowest BCUT2D eigenvalue weighted by Crippen LogP contribution is -2.13. The predicted molar refractivity (Wildman–Crippen MR) is 141 cm³/mol. The van der Waals surface area contributed by atoms with Crippen molar-refractivity contribution < 1.29 is 24.0 Å². The number of benzene rings is 2. The molecular weight excluding hydrogens is 450 g/mol. The van der Waals surface area contributed by atoms with Gasteiger partial charge in [0.2, 0.25) is 5.95 Å². The summed E-state index contributed by atoms with van der Waals surface area (Å²) in [5, 5.41) is 4.96. The molecule has 0 aliphatic rings. The molecule has 0 unspecified atom stereocenters. The van der Waals surface area contributed by atoms with Crippen LogP contribution in [0.15, 0.2) is 85.4 Å². The molecule has 2 N–H and O–H groups in total. The maximum absolute atomic E-state index is 13.7.